The van der Waals surface area contributed by atoms with Crippen LogP contribution < -0.4 is 0 Å². The van der Waals surface area contributed by atoms with Crippen molar-refractivity contribution in [2.24, 2.45) is 0 Å². The van der Waals surface area contributed by atoms with E-state index in [1.165, 1.54) is 0 Å². The van der Waals surface area contributed by atoms with Crippen molar-refractivity contribution in [3.05, 3.63) is 0 Å². The van der Waals surface area contributed by atoms with Crippen LogP contribution in [-0.2, 0) is 4.79 Å². The number of carboxylic acid groups (broad SMARTS) is 1. The Bertz CT molecular complexity index is 391. The predicted octanol–water partition coefficient (Wildman–Crippen LogP) is 2.26. The monoisotopic (exact) mass is 300 g/mol. The average Bonchev–Trinajstić information content (AvgIpc) is 2.47. The van der Waals surface area contributed by atoms with E-state index in [1.807, 2.05) is 16.7 Å². The highest BCUT2D eigenvalue weighted by molar-refractivity contribution is 8.00. The zero-order valence-corrected chi connectivity index (χ0v) is 13.1. The number of aliphatic carboxylic acids is 1. The highest BCUT2D eigenvalue weighted by Gasteiger charge is 2.45. The summed E-state index contributed by atoms with van der Waals surface area (Å²) >= 11 is 1.91. The smallest absolute Gasteiger partial charge is 0.329 e. The molecule has 0 bridgehead atoms. The maximum atomic E-state index is 12.7. The minimum Gasteiger partial charge on any atom is -0.480 e. The second kappa shape index (κ2) is 6.24. The standard InChI is InChI=1S/C14H24N2O3S/c1-3-11-10-15(8-9-20-11)13(19)16-7-5-4-6-14(16,2)12(17)18/h11H,3-10H2,1-2H3,(H,17,18). The first-order chi connectivity index (χ1) is 9.49. The van der Waals surface area contributed by atoms with Gasteiger partial charge in [-0.3, -0.25) is 0 Å². The van der Waals surface area contributed by atoms with E-state index in [0.717, 1.165) is 38.1 Å². The van der Waals surface area contributed by atoms with E-state index in [4.69, 9.17) is 0 Å². The molecule has 2 amide bonds. The van der Waals surface area contributed by atoms with Crippen molar-refractivity contribution in [3.8, 4) is 0 Å². The summed E-state index contributed by atoms with van der Waals surface area (Å²) in [6.45, 7) is 5.84. The van der Waals surface area contributed by atoms with E-state index < -0.39 is 11.5 Å². The summed E-state index contributed by atoms with van der Waals surface area (Å²) in [6, 6.07) is -0.0895. The second-order valence-electron chi connectivity index (χ2n) is 5.82. The van der Waals surface area contributed by atoms with Crippen molar-refractivity contribution < 1.29 is 14.7 Å². The van der Waals surface area contributed by atoms with Gasteiger partial charge in [-0.15, -0.1) is 0 Å². The first-order valence-corrected chi connectivity index (χ1v) is 8.45. The molecule has 0 aromatic rings. The van der Waals surface area contributed by atoms with Crippen LogP contribution in [0.3, 0.4) is 0 Å². The highest BCUT2D eigenvalue weighted by Crippen LogP contribution is 2.30. The molecule has 2 atom stereocenters. The molecule has 0 aromatic heterocycles. The number of carbonyl (C=O) groups is 2. The Balaban J connectivity index is 2.11. The third kappa shape index (κ3) is 2.90. The van der Waals surface area contributed by atoms with Crippen LogP contribution in [-0.4, -0.2) is 63.1 Å². The molecule has 6 heteroatoms. The lowest BCUT2D eigenvalue weighted by atomic mass is 9.89. The van der Waals surface area contributed by atoms with Crippen LogP contribution >= 0.6 is 11.8 Å². The predicted molar refractivity (Wildman–Crippen MR) is 80.1 cm³/mol. The van der Waals surface area contributed by atoms with Gasteiger partial charge in [0.25, 0.3) is 0 Å². The first kappa shape index (κ1) is 15.5. The quantitative estimate of drug-likeness (QED) is 0.850. The van der Waals surface area contributed by atoms with Gasteiger partial charge in [-0.05, 0) is 32.6 Å². The second-order valence-corrected chi connectivity index (χ2v) is 7.23. The van der Waals surface area contributed by atoms with Crippen LogP contribution in [0.1, 0.15) is 39.5 Å². The summed E-state index contributed by atoms with van der Waals surface area (Å²) in [5.41, 5.74) is -1.04. The maximum absolute atomic E-state index is 12.7. The largest absolute Gasteiger partial charge is 0.480 e. The first-order valence-electron chi connectivity index (χ1n) is 7.40. The summed E-state index contributed by atoms with van der Waals surface area (Å²) < 4.78 is 0. The van der Waals surface area contributed by atoms with E-state index in [9.17, 15) is 14.7 Å². The molecule has 0 saturated carbocycles. The number of carbonyl (C=O) groups excluding carboxylic acids is 1. The number of amides is 2. The van der Waals surface area contributed by atoms with Crippen LogP contribution in [0.5, 0.6) is 0 Å². The Morgan fingerprint density at radius 2 is 2.10 bits per heavy atom. The molecule has 5 nitrogen and oxygen atoms in total. The number of hydrogen-bond acceptors (Lipinski definition) is 3. The van der Waals surface area contributed by atoms with Crippen LogP contribution in [0.4, 0.5) is 4.79 Å². The highest BCUT2D eigenvalue weighted by atomic mass is 32.2. The number of likely N-dealkylation sites (tertiary alicyclic amines) is 1. The minimum atomic E-state index is -1.04. The molecule has 0 spiro atoms. The van der Waals surface area contributed by atoms with Crippen molar-refractivity contribution in [2.45, 2.75) is 50.3 Å². The van der Waals surface area contributed by atoms with Crippen LogP contribution in [0.2, 0.25) is 0 Å². The van der Waals surface area contributed by atoms with Crippen LogP contribution in [0.15, 0.2) is 0 Å². The third-order valence-electron chi connectivity index (χ3n) is 4.45. The Morgan fingerprint density at radius 1 is 1.35 bits per heavy atom. The van der Waals surface area contributed by atoms with Crippen molar-refractivity contribution in [1.82, 2.24) is 9.80 Å². The lowest BCUT2D eigenvalue weighted by Gasteiger charge is -2.45. The van der Waals surface area contributed by atoms with E-state index in [0.29, 0.717) is 18.2 Å². The van der Waals surface area contributed by atoms with Gasteiger partial charge in [0, 0.05) is 30.6 Å². The molecule has 2 fully saturated rings. The number of piperidine rings is 1. The van der Waals surface area contributed by atoms with Crippen molar-refractivity contribution in [2.75, 3.05) is 25.4 Å². The summed E-state index contributed by atoms with van der Waals surface area (Å²) in [6.07, 6.45) is 3.37. The fraction of sp³-hybridized carbons (Fsp3) is 0.857. The van der Waals surface area contributed by atoms with Gasteiger partial charge in [0.2, 0.25) is 0 Å². The number of nitrogens with zero attached hydrogens (tertiary/aromatic N) is 2. The lowest BCUT2D eigenvalue weighted by molar-refractivity contribution is -0.150. The fourth-order valence-electron chi connectivity index (χ4n) is 2.96. The molecule has 0 aromatic carbocycles. The van der Waals surface area contributed by atoms with E-state index in [-0.39, 0.29) is 6.03 Å². The van der Waals surface area contributed by atoms with Crippen molar-refractivity contribution in [1.29, 1.82) is 0 Å². The Morgan fingerprint density at radius 3 is 2.75 bits per heavy atom. The molecule has 2 unspecified atom stereocenters. The summed E-state index contributed by atoms with van der Waals surface area (Å²) in [4.78, 5) is 27.7. The number of hydrogen-bond donors (Lipinski definition) is 1. The van der Waals surface area contributed by atoms with Gasteiger partial charge in [0.1, 0.15) is 5.54 Å². The zero-order valence-electron chi connectivity index (χ0n) is 12.3. The molecule has 0 aliphatic carbocycles. The average molecular weight is 300 g/mol. The molecule has 2 aliphatic heterocycles. The topological polar surface area (TPSA) is 60.9 Å². The SMILES string of the molecule is CCC1CN(C(=O)N2CCCCC2(C)C(=O)O)CCS1. The number of urea groups is 1. The van der Waals surface area contributed by atoms with Gasteiger partial charge in [-0.2, -0.15) is 11.8 Å². The van der Waals surface area contributed by atoms with E-state index in [1.54, 1.807) is 11.8 Å². The Hall–Kier alpha value is -0.910. The summed E-state index contributed by atoms with van der Waals surface area (Å²) in [7, 11) is 0. The van der Waals surface area contributed by atoms with Crippen molar-refractivity contribution >= 4 is 23.8 Å². The summed E-state index contributed by atoms with van der Waals surface area (Å²) in [5, 5.41) is 9.98. The molecule has 2 saturated heterocycles. The van der Waals surface area contributed by atoms with Gasteiger partial charge < -0.3 is 14.9 Å². The normalized spacial score (nSPS) is 31.2. The van der Waals surface area contributed by atoms with Crippen LogP contribution in [0.25, 0.3) is 0 Å². The van der Waals surface area contributed by atoms with Gasteiger partial charge in [-0.25, -0.2) is 9.59 Å². The summed E-state index contributed by atoms with van der Waals surface area (Å²) in [5.74, 6) is 0.0611. The Labute approximate surface area is 124 Å². The van der Waals surface area contributed by atoms with E-state index in [2.05, 4.69) is 6.92 Å². The van der Waals surface area contributed by atoms with Gasteiger partial charge in [-0.1, -0.05) is 6.92 Å². The van der Waals surface area contributed by atoms with E-state index >= 15 is 0 Å². The van der Waals surface area contributed by atoms with Crippen LogP contribution in [0, 0.1) is 0 Å². The third-order valence-corrected chi connectivity index (χ3v) is 5.82. The fourth-order valence-corrected chi connectivity index (χ4v) is 4.14. The molecular formula is C14H24N2O3S. The number of thioether (sulfide) groups is 1. The maximum Gasteiger partial charge on any atom is 0.329 e. The molecule has 20 heavy (non-hydrogen) atoms. The Kier molecular flexibility index (Phi) is 4.83. The number of carboxylic acids is 1. The minimum absolute atomic E-state index is 0.0895. The van der Waals surface area contributed by atoms with Crippen molar-refractivity contribution in [3.63, 3.8) is 0 Å². The molecule has 2 rings (SSSR count). The number of rotatable bonds is 2. The van der Waals surface area contributed by atoms with Gasteiger partial charge in [0.15, 0.2) is 0 Å². The molecule has 0 radical (unpaired) electrons. The lowest BCUT2D eigenvalue weighted by Crippen LogP contribution is -2.61. The molecule has 2 aliphatic rings. The molecule has 114 valence electrons. The van der Waals surface area contributed by atoms with Gasteiger partial charge >= 0.3 is 12.0 Å². The molecular weight excluding hydrogens is 276 g/mol. The molecule has 2 heterocycles. The van der Waals surface area contributed by atoms with Gasteiger partial charge in [0.05, 0.1) is 0 Å². The molecule has 1 N–H and O–H groups in total. The zero-order chi connectivity index (χ0) is 14.8.